The molecule has 1 aliphatic heterocycles. The van der Waals surface area contributed by atoms with Gasteiger partial charge in [-0.1, -0.05) is 13.0 Å². The Balaban J connectivity index is 2.16. The standard InChI is InChI=1S/C22H34N2O4/c1-4-12-23-20-9-7-6-8-18-17-19(10-11-20)22(26)24(3,21(18)25)13-14-28-16-15-27-5-2/h7,9-11,17,21,25H,4-6,8,12-16H2,1-3H3/p+1. The molecule has 28 heavy (non-hydrogen) atoms. The van der Waals surface area contributed by atoms with E-state index in [4.69, 9.17) is 9.47 Å². The monoisotopic (exact) mass is 391 g/mol. The zero-order chi connectivity index (χ0) is 20.4. The summed E-state index contributed by atoms with van der Waals surface area (Å²) in [5, 5.41) is 14.3. The largest absolute Gasteiger partial charge is 0.385 e. The SMILES string of the molecule is CCCNC1=CC=C2C=C(CCC=C1)C(O)[N+](C)(CCOCCOCC)C2=O. The molecule has 6 heteroatoms. The molecule has 0 spiro atoms. The fourth-order valence-corrected chi connectivity index (χ4v) is 3.35. The predicted octanol–water partition coefficient (Wildman–Crippen LogP) is 2.43. The lowest BCUT2D eigenvalue weighted by molar-refractivity contribution is -0.877. The van der Waals surface area contributed by atoms with E-state index in [1.54, 1.807) is 7.05 Å². The highest BCUT2D eigenvalue weighted by Gasteiger charge is 2.45. The number of ether oxygens (including phenoxy) is 2. The van der Waals surface area contributed by atoms with E-state index >= 15 is 0 Å². The lowest BCUT2D eigenvalue weighted by Crippen LogP contribution is -2.60. The molecule has 0 aromatic heterocycles. The average molecular weight is 392 g/mol. The van der Waals surface area contributed by atoms with Crippen LogP contribution in [-0.2, 0) is 14.3 Å². The van der Waals surface area contributed by atoms with Crippen molar-refractivity contribution in [3.05, 3.63) is 47.2 Å². The lowest BCUT2D eigenvalue weighted by Gasteiger charge is -2.40. The fraction of sp³-hybridized carbons (Fsp3) is 0.591. The summed E-state index contributed by atoms with van der Waals surface area (Å²) in [5.74, 6) is -0.0831. The van der Waals surface area contributed by atoms with E-state index in [1.165, 1.54) is 0 Å². The smallest absolute Gasteiger partial charge is 0.348 e. The number of rotatable bonds is 10. The Labute approximate surface area is 168 Å². The minimum Gasteiger partial charge on any atom is -0.385 e. The van der Waals surface area contributed by atoms with Crippen LogP contribution in [0.15, 0.2) is 47.2 Å². The van der Waals surface area contributed by atoms with Crippen LogP contribution >= 0.6 is 0 Å². The molecule has 0 radical (unpaired) electrons. The third-order valence-corrected chi connectivity index (χ3v) is 5.12. The van der Waals surface area contributed by atoms with Gasteiger partial charge in [-0.05, 0) is 50.5 Å². The lowest BCUT2D eigenvalue weighted by atomic mass is 9.95. The van der Waals surface area contributed by atoms with Crippen molar-refractivity contribution in [1.29, 1.82) is 0 Å². The Morgan fingerprint density at radius 1 is 1.21 bits per heavy atom. The number of likely N-dealkylation sites (N-methyl/N-ethyl adjacent to an activating group) is 1. The van der Waals surface area contributed by atoms with Crippen molar-refractivity contribution in [2.24, 2.45) is 0 Å². The molecule has 1 heterocycles. The Hall–Kier alpha value is -1.73. The van der Waals surface area contributed by atoms with Crippen LogP contribution in [0.4, 0.5) is 0 Å². The summed E-state index contributed by atoms with van der Waals surface area (Å²) in [6, 6.07) is 0. The molecule has 2 unspecified atom stereocenters. The number of quaternary nitrogens is 1. The quantitative estimate of drug-likeness (QED) is 0.442. The third kappa shape index (κ3) is 5.88. The van der Waals surface area contributed by atoms with Crippen LogP contribution in [0.3, 0.4) is 0 Å². The number of nitrogens with one attached hydrogen (secondary N) is 1. The van der Waals surface area contributed by atoms with Gasteiger partial charge < -0.3 is 19.9 Å². The fourth-order valence-electron chi connectivity index (χ4n) is 3.35. The summed E-state index contributed by atoms with van der Waals surface area (Å²) in [6.45, 7) is 7.46. The van der Waals surface area contributed by atoms with Crippen LogP contribution in [0.1, 0.15) is 33.1 Å². The van der Waals surface area contributed by atoms with E-state index in [-0.39, 0.29) is 10.4 Å². The van der Waals surface area contributed by atoms with E-state index in [0.717, 1.165) is 37.1 Å². The third-order valence-electron chi connectivity index (χ3n) is 5.12. The molecule has 2 aliphatic rings. The van der Waals surface area contributed by atoms with Crippen LogP contribution in [0, 0.1) is 0 Å². The predicted molar refractivity (Wildman–Crippen MR) is 110 cm³/mol. The van der Waals surface area contributed by atoms with Crippen molar-refractivity contribution in [3.63, 3.8) is 0 Å². The minimum atomic E-state index is -0.838. The van der Waals surface area contributed by atoms with Gasteiger partial charge in [-0.2, -0.15) is 0 Å². The van der Waals surface area contributed by atoms with Crippen LogP contribution in [0.25, 0.3) is 0 Å². The van der Waals surface area contributed by atoms with Crippen molar-refractivity contribution < 1.29 is 23.9 Å². The maximum Gasteiger partial charge on any atom is 0.348 e. The van der Waals surface area contributed by atoms with Crippen molar-refractivity contribution in [2.75, 3.05) is 46.6 Å². The van der Waals surface area contributed by atoms with E-state index in [2.05, 4.69) is 18.3 Å². The first-order chi connectivity index (χ1) is 13.5. The van der Waals surface area contributed by atoms with Gasteiger partial charge in [0.05, 0.1) is 32.4 Å². The highest BCUT2D eigenvalue weighted by atomic mass is 16.5. The van der Waals surface area contributed by atoms with Crippen molar-refractivity contribution in [3.8, 4) is 0 Å². The van der Waals surface area contributed by atoms with Crippen molar-refractivity contribution >= 4 is 5.91 Å². The summed E-state index contributed by atoms with van der Waals surface area (Å²) in [6.07, 6.45) is 11.6. The number of hydrogen-bond donors (Lipinski definition) is 2. The molecule has 0 saturated heterocycles. The summed E-state index contributed by atoms with van der Waals surface area (Å²) in [7, 11) is 1.79. The maximum absolute atomic E-state index is 13.2. The van der Waals surface area contributed by atoms with E-state index in [0.29, 0.717) is 38.5 Å². The molecule has 0 aromatic rings. The number of hydrogen-bond acceptors (Lipinski definition) is 5. The first-order valence-electron chi connectivity index (χ1n) is 10.3. The Kier molecular flexibility index (Phi) is 9.12. The number of aliphatic hydroxyl groups excluding tert-OH is 1. The highest BCUT2D eigenvalue weighted by molar-refractivity contribution is 5.93. The first-order valence-corrected chi connectivity index (χ1v) is 10.3. The van der Waals surface area contributed by atoms with E-state index in [1.807, 2.05) is 31.2 Å². The van der Waals surface area contributed by atoms with Gasteiger partial charge in [0.1, 0.15) is 6.54 Å². The number of aliphatic hydroxyl groups is 1. The second-order valence-electron chi connectivity index (χ2n) is 7.31. The first kappa shape index (κ1) is 22.6. The number of nitrogens with zero attached hydrogens (tertiary/aromatic N) is 1. The molecular formula is C22H35N2O4+. The topological polar surface area (TPSA) is 67.8 Å². The number of allylic oxidation sites excluding steroid dienone is 4. The van der Waals surface area contributed by atoms with Gasteiger partial charge >= 0.3 is 5.91 Å². The molecule has 1 amide bonds. The molecule has 2 rings (SSSR count). The zero-order valence-electron chi connectivity index (χ0n) is 17.4. The zero-order valence-corrected chi connectivity index (χ0v) is 17.4. The number of fused-ring (bicyclic) bond motifs is 1. The summed E-state index contributed by atoms with van der Waals surface area (Å²) in [5.41, 5.74) is 2.52. The van der Waals surface area contributed by atoms with Crippen LogP contribution in [0.2, 0.25) is 0 Å². The number of carbonyl (C=O) groups excluding carboxylic acids is 1. The van der Waals surface area contributed by atoms with Crippen LogP contribution in [-0.4, -0.2) is 68.3 Å². The number of amides is 1. The summed E-state index contributed by atoms with van der Waals surface area (Å²) < 4.78 is 10.8. The molecule has 156 valence electrons. The molecule has 0 saturated carbocycles. The highest BCUT2D eigenvalue weighted by Crippen LogP contribution is 2.30. The molecule has 0 aromatic carbocycles. The van der Waals surface area contributed by atoms with Crippen molar-refractivity contribution in [1.82, 2.24) is 5.32 Å². The van der Waals surface area contributed by atoms with Crippen LogP contribution in [0.5, 0.6) is 0 Å². The second-order valence-corrected chi connectivity index (χ2v) is 7.31. The van der Waals surface area contributed by atoms with E-state index in [9.17, 15) is 9.90 Å². The Bertz CT molecular complexity index is 651. The molecular weight excluding hydrogens is 356 g/mol. The molecule has 0 fully saturated rings. The average Bonchev–Trinajstić information content (AvgIpc) is 2.70. The molecule has 2 bridgehead atoms. The van der Waals surface area contributed by atoms with E-state index < -0.39 is 6.23 Å². The maximum atomic E-state index is 13.2. The molecule has 6 nitrogen and oxygen atoms in total. The molecule has 1 aliphatic carbocycles. The van der Waals surface area contributed by atoms with Crippen molar-refractivity contribution in [2.45, 2.75) is 39.3 Å². The Morgan fingerprint density at radius 3 is 2.75 bits per heavy atom. The van der Waals surface area contributed by atoms with Gasteiger partial charge in [-0.3, -0.25) is 0 Å². The van der Waals surface area contributed by atoms with Gasteiger partial charge in [0.25, 0.3) is 0 Å². The normalized spacial score (nSPS) is 25.1. The molecule has 2 N–H and O–H groups in total. The summed E-state index contributed by atoms with van der Waals surface area (Å²) >= 11 is 0. The Morgan fingerprint density at radius 2 is 2.00 bits per heavy atom. The van der Waals surface area contributed by atoms with Gasteiger partial charge in [-0.15, -0.1) is 0 Å². The van der Waals surface area contributed by atoms with Gasteiger partial charge in [0.2, 0.25) is 6.23 Å². The molecule has 2 atom stereocenters. The van der Waals surface area contributed by atoms with Gasteiger partial charge in [-0.25, -0.2) is 9.28 Å². The van der Waals surface area contributed by atoms with Gasteiger partial charge in [0.15, 0.2) is 0 Å². The minimum absolute atomic E-state index is 0.0818. The van der Waals surface area contributed by atoms with Gasteiger partial charge in [0, 0.05) is 24.4 Å². The number of carbonyl (C=O) groups is 1. The van der Waals surface area contributed by atoms with Crippen LogP contribution < -0.4 is 5.32 Å². The second kappa shape index (κ2) is 11.3. The summed E-state index contributed by atoms with van der Waals surface area (Å²) in [4.78, 5) is 13.2.